The second-order valence-electron chi connectivity index (χ2n) is 10.8. The number of nitrogens with one attached hydrogen (secondary N) is 1. The molecule has 3 amide bonds. The van der Waals surface area contributed by atoms with Crippen LogP contribution in [0.2, 0.25) is 0 Å². The van der Waals surface area contributed by atoms with Crippen LogP contribution in [0.5, 0.6) is 0 Å². The summed E-state index contributed by atoms with van der Waals surface area (Å²) in [4.78, 5) is 45.3. The molecule has 7 heteroatoms. The van der Waals surface area contributed by atoms with E-state index in [-0.39, 0.29) is 41.6 Å². The van der Waals surface area contributed by atoms with Crippen molar-refractivity contribution in [3.05, 3.63) is 11.6 Å². The monoisotopic (exact) mass is 462 g/mol. The van der Waals surface area contributed by atoms with Crippen LogP contribution in [0.3, 0.4) is 0 Å². The molecule has 0 unspecified atom stereocenters. The molecule has 2 aliphatic rings. The molecule has 0 aliphatic carbocycles. The standard InChI is InChI=1S/C26H46N4O3/c1-17(2)22(16-20(7)25(32)29-13-11-14-29)28(8)26(33)23(18(3)4)27-24(31)21-12-9-10-15-30(21)19(5)6/h16-19,21-23H,9-15H2,1-8H3,(H,27,31)/b20-16+/t21-,22-,23+/m1/s1. The second kappa shape index (κ2) is 12.0. The van der Waals surface area contributed by atoms with E-state index in [0.717, 1.165) is 45.3 Å². The van der Waals surface area contributed by atoms with Gasteiger partial charge in [-0.15, -0.1) is 0 Å². The molecule has 33 heavy (non-hydrogen) atoms. The quantitative estimate of drug-likeness (QED) is 0.535. The van der Waals surface area contributed by atoms with Crippen molar-refractivity contribution in [2.45, 2.75) is 98.3 Å². The fourth-order valence-electron chi connectivity index (χ4n) is 4.83. The summed E-state index contributed by atoms with van der Waals surface area (Å²) in [7, 11) is 1.79. The molecule has 0 spiro atoms. The number of piperidine rings is 1. The number of nitrogens with zero attached hydrogens (tertiary/aromatic N) is 3. The molecule has 0 bridgehead atoms. The summed E-state index contributed by atoms with van der Waals surface area (Å²) in [5, 5.41) is 3.09. The van der Waals surface area contributed by atoms with Gasteiger partial charge in [-0.2, -0.15) is 0 Å². The second-order valence-corrected chi connectivity index (χ2v) is 10.8. The van der Waals surface area contributed by atoms with Crippen LogP contribution in [0.4, 0.5) is 0 Å². The Kier molecular flexibility index (Phi) is 9.95. The van der Waals surface area contributed by atoms with E-state index in [2.05, 4.69) is 37.9 Å². The van der Waals surface area contributed by atoms with E-state index in [1.54, 1.807) is 11.9 Å². The van der Waals surface area contributed by atoms with Gasteiger partial charge in [0, 0.05) is 31.8 Å². The third-order valence-electron chi connectivity index (χ3n) is 7.12. The van der Waals surface area contributed by atoms with Crippen LogP contribution in [-0.2, 0) is 14.4 Å². The number of likely N-dealkylation sites (tertiary alicyclic amines) is 2. The molecular formula is C26H46N4O3. The van der Waals surface area contributed by atoms with Crippen molar-refractivity contribution in [3.8, 4) is 0 Å². The maximum atomic E-state index is 13.6. The van der Waals surface area contributed by atoms with Gasteiger partial charge in [-0.3, -0.25) is 19.3 Å². The zero-order valence-electron chi connectivity index (χ0n) is 22.1. The zero-order chi connectivity index (χ0) is 24.9. The molecular weight excluding hydrogens is 416 g/mol. The van der Waals surface area contributed by atoms with Crippen molar-refractivity contribution in [3.63, 3.8) is 0 Å². The SMILES string of the molecule is C/C(=C\[C@H](C(C)C)N(C)C(=O)[C@@H](NC(=O)[C@H]1CCCCN1C(C)C)C(C)C)C(=O)N1CCC1. The highest BCUT2D eigenvalue weighted by Crippen LogP contribution is 2.22. The Hall–Kier alpha value is -1.89. The van der Waals surface area contributed by atoms with E-state index in [0.29, 0.717) is 11.6 Å². The predicted octanol–water partition coefficient (Wildman–Crippen LogP) is 3.05. The summed E-state index contributed by atoms with van der Waals surface area (Å²) >= 11 is 0. The Labute approximate surface area is 200 Å². The lowest BCUT2D eigenvalue weighted by Gasteiger charge is -2.39. The molecule has 7 nitrogen and oxygen atoms in total. The van der Waals surface area contributed by atoms with E-state index in [1.165, 1.54) is 0 Å². The molecule has 2 rings (SSSR count). The van der Waals surface area contributed by atoms with Gasteiger partial charge in [0.15, 0.2) is 0 Å². The highest BCUT2D eigenvalue weighted by molar-refractivity contribution is 5.94. The lowest BCUT2D eigenvalue weighted by molar-refractivity contribution is -0.140. The number of likely N-dealkylation sites (N-methyl/N-ethyl adjacent to an activating group) is 1. The van der Waals surface area contributed by atoms with E-state index >= 15 is 0 Å². The third kappa shape index (κ3) is 6.81. The lowest BCUT2D eigenvalue weighted by Crippen LogP contribution is -2.58. The summed E-state index contributed by atoms with van der Waals surface area (Å²) in [5.74, 6) is -0.0152. The predicted molar refractivity (Wildman–Crippen MR) is 133 cm³/mol. The zero-order valence-corrected chi connectivity index (χ0v) is 22.1. The van der Waals surface area contributed by atoms with Gasteiger partial charge in [0.2, 0.25) is 17.7 Å². The number of carbonyl (C=O) groups is 3. The van der Waals surface area contributed by atoms with Crippen LogP contribution < -0.4 is 5.32 Å². The molecule has 0 aromatic heterocycles. The fourth-order valence-corrected chi connectivity index (χ4v) is 4.83. The number of amides is 3. The Balaban J connectivity index is 2.16. The highest BCUT2D eigenvalue weighted by Gasteiger charge is 2.36. The van der Waals surface area contributed by atoms with Gasteiger partial charge < -0.3 is 15.1 Å². The van der Waals surface area contributed by atoms with Gasteiger partial charge in [0.1, 0.15) is 6.04 Å². The number of hydrogen-bond donors (Lipinski definition) is 1. The van der Waals surface area contributed by atoms with Crippen LogP contribution in [0.25, 0.3) is 0 Å². The Morgan fingerprint density at radius 2 is 1.58 bits per heavy atom. The highest BCUT2D eigenvalue weighted by atomic mass is 16.2. The van der Waals surface area contributed by atoms with Gasteiger partial charge in [-0.05, 0) is 58.4 Å². The molecule has 2 fully saturated rings. The van der Waals surface area contributed by atoms with Crippen LogP contribution in [-0.4, -0.2) is 83.3 Å². The average Bonchev–Trinajstić information content (AvgIpc) is 2.72. The summed E-state index contributed by atoms with van der Waals surface area (Å²) in [6.07, 6.45) is 5.94. The van der Waals surface area contributed by atoms with Gasteiger partial charge >= 0.3 is 0 Å². The van der Waals surface area contributed by atoms with Crippen molar-refractivity contribution in [1.82, 2.24) is 20.0 Å². The van der Waals surface area contributed by atoms with Gasteiger partial charge in [0.25, 0.3) is 0 Å². The minimum Gasteiger partial charge on any atom is -0.343 e. The smallest absolute Gasteiger partial charge is 0.249 e. The molecule has 188 valence electrons. The van der Waals surface area contributed by atoms with E-state index in [9.17, 15) is 14.4 Å². The third-order valence-corrected chi connectivity index (χ3v) is 7.12. The normalized spacial score (nSPS) is 21.7. The molecule has 0 aromatic carbocycles. The number of carbonyl (C=O) groups excluding carboxylic acids is 3. The molecule has 0 radical (unpaired) electrons. The molecule has 2 saturated heterocycles. The van der Waals surface area contributed by atoms with Crippen LogP contribution >= 0.6 is 0 Å². The van der Waals surface area contributed by atoms with Gasteiger partial charge in [-0.1, -0.05) is 40.2 Å². The summed E-state index contributed by atoms with van der Waals surface area (Å²) in [6.45, 7) is 16.6. The first-order chi connectivity index (χ1) is 15.5. The van der Waals surface area contributed by atoms with Crippen molar-refractivity contribution in [2.24, 2.45) is 11.8 Å². The first-order valence-electron chi connectivity index (χ1n) is 12.8. The minimum atomic E-state index is -0.598. The van der Waals surface area contributed by atoms with E-state index in [1.807, 2.05) is 31.7 Å². The van der Waals surface area contributed by atoms with Crippen molar-refractivity contribution in [1.29, 1.82) is 0 Å². The van der Waals surface area contributed by atoms with Crippen molar-refractivity contribution < 1.29 is 14.4 Å². The van der Waals surface area contributed by atoms with Crippen molar-refractivity contribution in [2.75, 3.05) is 26.7 Å². The molecule has 2 aliphatic heterocycles. The molecule has 0 aromatic rings. The van der Waals surface area contributed by atoms with Gasteiger partial charge in [-0.25, -0.2) is 0 Å². The topological polar surface area (TPSA) is 73.0 Å². The van der Waals surface area contributed by atoms with E-state index in [4.69, 9.17) is 0 Å². The average molecular weight is 463 g/mol. The minimum absolute atomic E-state index is 0.0411. The number of rotatable bonds is 9. The maximum absolute atomic E-state index is 13.6. The van der Waals surface area contributed by atoms with Crippen LogP contribution in [0.15, 0.2) is 11.6 Å². The van der Waals surface area contributed by atoms with E-state index < -0.39 is 6.04 Å². The fraction of sp³-hybridized carbons (Fsp3) is 0.808. The summed E-state index contributed by atoms with van der Waals surface area (Å²) in [6, 6.07) is -0.711. The largest absolute Gasteiger partial charge is 0.343 e. The van der Waals surface area contributed by atoms with Crippen molar-refractivity contribution >= 4 is 17.7 Å². The Morgan fingerprint density at radius 3 is 2.06 bits per heavy atom. The first kappa shape index (κ1) is 27.4. The summed E-state index contributed by atoms with van der Waals surface area (Å²) < 4.78 is 0. The molecule has 0 saturated carbocycles. The van der Waals surface area contributed by atoms with Crippen LogP contribution in [0, 0.1) is 11.8 Å². The molecule has 3 atom stereocenters. The van der Waals surface area contributed by atoms with Crippen LogP contribution in [0.1, 0.15) is 74.1 Å². The van der Waals surface area contributed by atoms with Gasteiger partial charge in [0.05, 0.1) is 12.1 Å². The Bertz CT molecular complexity index is 727. The lowest BCUT2D eigenvalue weighted by atomic mass is 9.95. The Morgan fingerprint density at radius 1 is 0.939 bits per heavy atom. The maximum Gasteiger partial charge on any atom is 0.249 e. The molecule has 2 heterocycles. The number of hydrogen-bond acceptors (Lipinski definition) is 4. The summed E-state index contributed by atoms with van der Waals surface area (Å²) in [5.41, 5.74) is 0.674. The first-order valence-corrected chi connectivity index (χ1v) is 12.8. The molecule has 1 N–H and O–H groups in total.